The van der Waals surface area contributed by atoms with Crippen molar-refractivity contribution < 1.29 is 19.1 Å². The molecule has 1 saturated heterocycles. The number of likely N-dealkylation sites (tertiary alicyclic amines) is 1. The first-order valence-electron chi connectivity index (χ1n) is 10.7. The number of rotatable bonds is 7. The van der Waals surface area contributed by atoms with Crippen LogP contribution in [0.2, 0.25) is 0 Å². The van der Waals surface area contributed by atoms with E-state index in [-0.39, 0.29) is 29.8 Å². The molecule has 1 aromatic carbocycles. The van der Waals surface area contributed by atoms with Gasteiger partial charge in [0, 0.05) is 24.7 Å². The number of ether oxygens (including phenoxy) is 2. The summed E-state index contributed by atoms with van der Waals surface area (Å²) in [6.45, 7) is 3.77. The SMILES string of the molecule is COc1ccc(OCC(=O)N2CCC3(CC2)CC3C(=O)NCc2cccc(C)n2)cc1. The normalized spacial score (nSPS) is 19.0. The zero-order chi connectivity index (χ0) is 21.8. The maximum absolute atomic E-state index is 12.6. The molecule has 0 bridgehead atoms. The molecule has 31 heavy (non-hydrogen) atoms. The Hall–Kier alpha value is -3.09. The first-order valence-corrected chi connectivity index (χ1v) is 10.7. The molecule has 4 rings (SSSR count). The maximum Gasteiger partial charge on any atom is 0.260 e. The van der Waals surface area contributed by atoms with Crippen LogP contribution in [0.1, 0.15) is 30.7 Å². The number of pyridine rings is 1. The number of methoxy groups -OCH3 is 1. The summed E-state index contributed by atoms with van der Waals surface area (Å²) in [5.74, 6) is 1.52. The predicted molar refractivity (Wildman–Crippen MR) is 116 cm³/mol. The summed E-state index contributed by atoms with van der Waals surface area (Å²) >= 11 is 0. The summed E-state index contributed by atoms with van der Waals surface area (Å²) < 4.78 is 10.7. The fraction of sp³-hybridized carbons (Fsp3) is 0.458. The van der Waals surface area contributed by atoms with Crippen LogP contribution in [-0.4, -0.2) is 48.5 Å². The molecule has 2 amide bonds. The highest BCUT2D eigenvalue weighted by atomic mass is 16.5. The Morgan fingerprint density at radius 3 is 2.52 bits per heavy atom. The lowest BCUT2D eigenvalue weighted by Crippen LogP contribution is -2.42. The second-order valence-electron chi connectivity index (χ2n) is 8.45. The molecule has 7 heteroatoms. The van der Waals surface area contributed by atoms with Crippen molar-refractivity contribution in [1.29, 1.82) is 0 Å². The van der Waals surface area contributed by atoms with Crippen LogP contribution >= 0.6 is 0 Å². The van der Waals surface area contributed by atoms with Crippen LogP contribution in [0.15, 0.2) is 42.5 Å². The van der Waals surface area contributed by atoms with Gasteiger partial charge in [-0.05, 0) is 68.0 Å². The predicted octanol–water partition coefficient (Wildman–Crippen LogP) is 2.72. The van der Waals surface area contributed by atoms with E-state index < -0.39 is 0 Å². The summed E-state index contributed by atoms with van der Waals surface area (Å²) in [6.07, 6.45) is 2.63. The Kier molecular flexibility index (Phi) is 6.11. The number of carbonyl (C=O) groups excluding carboxylic acids is 2. The van der Waals surface area contributed by atoms with Gasteiger partial charge in [0.15, 0.2) is 6.61 Å². The Labute approximate surface area is 182 Å². The van der Waals surface area contributed by atoms with Crippen molar-refractivity contribution in [1.82, 2.24) is 15.2 Å². The minimum atomic E-state index is -0.0159. The molecule has 2 aromatic rings. The second kappa shape index (κ2) is 8.96. The number of hydrogen-bond acceptors (Lipinski definition) is 5. The summed E-state index contributed by atoms with van der Waals surface area (Å²) in [5, 5.41) is 3.03. The van der Waals surface area contributed by atoms with Gasteiger partial charge in [-0.1, -0.05) is 6.07 Å². The molecule has 1 saturated carbocycles. The second-order valence-corrected chi connectivity index (χ2v) is 8.45. The molecular weight excluding hydrogens is 394 g/mol. The highest BCUT2D eigenvalue weighted by Gasteiger charge is 2.58. The zero-order valence-corrected chi connectivity index (χ0v) is 18.1. The van der Waals surface area contributed by atoms with Gasteiger partial charge in [-0.25, -0.2) is 0 Å². The lowest BCUT2D eigenvalue weighted by Gasteiger charge is -2.32. The van der Waals surface area contributed by atoms with Gasteiger partial charge in [0.25, 0.3) is 5.91 Å². The van der Waals surface area contributed by atoms with Crippen LogP contribution in [0.4, 0.5) is 0 Å². The van der Waals surface area contributed by atoms with E-state index >= 15 is 0 Å². The van der Waals surface area contributed by atoms with E-state index in [0.717, 1.165) is 36.4 Å². The van der Waals surface area contributed by atoms with Crippen molar-refractivity contribution >= 4 is 11.8 Å². The van der Waals surface area contributed by atoms with E-state index in [1.165, 1.54) is 0 Å². The van der Waals surface area contributed by atoms with E-state index in [0.29, 0.717) is 25.4 Å². The minimum Gasteiger partial charge on any atom is -0.497 e. The lowest BCUT2D eigenvalue weighted by atomic mass is 9.90. The number of nitrogens with one attached hydrogen (secondary N) is 1. The maximum atomic E-state index is 12.6. The molecule has 1 aliphatic heterocycles. The molecule has 0 radical (unpaired) electrons. The van der Waals surface area contributed by atoms with Gasteiger partial charge in [-0.3, -0.25) is 14.6 Å². The number of benzene rings is 1. The fourth-order valence-electron chi connectivity index (χ4n) is 4.38. The Morgan fingerprint density at radius 1 is 1.13 bits per heavy atom. The van der Waals surface area contributed by atoms with Crippen LogP contribution in [-0.2, 0) is 16.1 Å². The van der Waals surface area contributed by atoms with Crippen LogP contribution < -0.4 is 14.8 Å². The molecule has 1 unspecified atom stereocenters. The summed E-state index contributed by atoms with van der Waals surface area (Å²) in [5.41, 5.74) is 1.88. The third-order valence-electron chi connectivity index (χ3n) is 6.43. The van der Waals surface area contributed by atoms with Gasteiger partial charge in [-0.15, -0.1) is 0 Å². The summed E-state index contributed by atoms with van der Waals surface area (Å²) in [7, 11) is 1.61. The van der Waals surface area contributed by atoms with E-state index in [9.17, 15) is 9.59 Å². The van der Waals surface area contributed by atoms with Gasteiger partial charge < -0.3 is 19.7 Å². The lowest BCUT2D eigenvalue weighted by molar-refractivity contribution is -0.135. The number of aryl methyl sites for hydroxylation is 1. The van der Waals surface area contributed by atoms with Gasteiger partial charge in [0.2, 0.25) is 5.91 Å². The van der Waals surface area contributed by atoms with E-state index in [1.807, 2.05) is 30.0 Å². The third kappa shape index (κ3) is 4.98. The molecule has 2 heterocycles. The van der Waals surface area contributed by atoms with Crippen LogP contribution in [0, 0.1) is 18.3 Å². The zero-order valence-electron chi connectivity index (χ0n) is 18.1. The molecular formula is C24H29N3O4. The number of nitrogens with zero attached hydrogens (tertiary/aromatic N) is 2. The van der Waals surface area contributed by atoms with Gasteiger partial charge >= 0.3 is 0 Å². The average Bonchev–Trinajstić information content (AvgIpc) is 3.50. The quantitative estimate of drug-likeness (QED) is 0.741. The van der Waals surface area contributed by atoms with Crippen LogP contribution in [0.25, 0.3) is 0 Å². The Morgan fingerprint density at radius 2 is 1.84 bits per heavy atom. The minimum absolute atomic E-state index is 0.0159. The highest BCUT2D eigenvalue weighted by molar-refractivity contribution is 5.83. The van der Waals surface area contributed by atoms with Crippen molar-refractivity contribution in [2.45, 2.75) is 32.7 Å². The first kappa shape index (κ1) is 21.2. The molecule has 1 atom stereocenters. The van der Waals surface area contributed by atoms with E-state index in [4.69, 9.17) is 9.47 Å². The van der Waals surface area contributed by atoms with Gasteiger partial charge in [0.1, 0.15) is 11.5 Å². The summed E-state index contributed by atoms with van der Waals surface area (Å²) in [6, 6.07) is 13.0. The smallest absolute Gasteiger partial charge is 0.260 e. The number of aromatic nitrogens is 1. The van der Waals surface area contributed by atoms with Gasteiger partial charge in [-0.2, -0.15) is 0 Å². The van der Waals surface area contributed by atoms with Crippen LogP contribution in [0.3, 0.4) is 0 Å². The van der Waals surface area contributed by atoms with Gasteiger partial charge in [0.05, 0.1) is 19.3 Å². The largest absolute Gasteiger partial charge is 0.497 e. The number of hydrogen-bond donors (Lipinski definition) is 1. The molecule has 1 aliphatic carbocycles. The average molecular weight is 424 g/mol. The van der Waals surface area contributed by atoms with Crippen molar-refractivity contribution in [3.05, 3.63) is 53.9 Å². The molecule has 1 aromatic heterocycles. The molecule has 1 spiro atoms. The van der Waals surface area contributed by atoms with Crippen molar-refractivity contribution in [2.75, 3.05) is 26.8 Å². The molecule has 1 N–H and O–H groups in total. The third-order valence-corrected chi connectivity index (χ3v) is 6.43. The van der Waals surface area contributed by atoms with E-state index in [1.54, 1.807) is 31.4 Å². The van der Waals surface area contributed by atoms with Crippen molar-refractivity contribution in [3.63, 3.8) is 0 Å². The number of amides is 2. The number of carbonyl (C=O) groups is 2. The van der Waals surface area contributed by atoms with Crippen LogP contribution in [0.5, 0.6) is 11.5 Å². The molecule has 2 fully saturated rings. The standard InChI is InChI=1S/C24H29N3O4/c1-17-4-3-5-18(26-17)15-25-23(29)21-14-24(21)10-12-27(13-11-24)22(28)16-31-20-8-6-19(30-2)7-9-20/h3-9,21H,10-16H2,1-2H3,(H,25,29). The topological polar surface area (TPSA) is 80.8 Å². The Bertz CT molecular complexity index is 936. The van der Waals surface area contributed by atoms with Crippen molar-refractivity contribution in [2.24, 2.45) is 11.3 Å². The summed E-state index contributed by atoms with van der Waals surface area (Å²) in [4.78, 5) is 31.4. The molecule has 164 valence electrons. The Balaban J connectivity index is 1.20. The highest BCUT2D eigenvalue weighted by Crippen LogP contribution is 2.59. The fourth-order valence-corrected chi connectivity index (χ4v) is 4.38. The van der Waals surface area contributed by atoms with Crippen molar-refractivity contribution in [3.8, 4) is 11.5 Å². The van der Waals surface area contributed by atoms with E-state index in [2.05, 4.69) is 10.3 Å². The first-order chi connectivity index (χ1) is 15.0. The number of piperidine rings is 1. The molecule has 7 nitrogen and oxygen atoms in total. The monoisotopic (exact) mass is 423 g/mol. The molecule has 2 aliphatic rings.